The SMILES string of the molecule is CC1CCC2C(C1)C(C)(C)C1CCCCC1N2C. The molecule has 5 unspecified atom stereocenters. The highest BCUT2D eigenvalue weighted by atomic mass is 15.2. The molecule has 0 radical (unpaired) electrons. The largest absolute Gasteiger partial charge is 0.300 e. The van der Waals surface area contributed by atoms with Crippen LogP contribution in [0.25, 0.3) is 0 Å². The highest BCUT2D eigenvalue weighted by Gasteiger charge is 2.53. The second-order valence-corrected chi connectivity index (χ2v) is 8.04. The van der Waals surface area contributed by atoms with Crippen LogP contribution in [0.5, 0.6) is 0 Å². The van der Waals surface area contributed by atoms with Crippen molar-refractivity contribution in [1.82, 2.24) is 4.90 Å². The molecule has 2 saturated carbocycles. The number of likely N-dealkylation sites (tertiary alicyclic amines) is 1. The lowest BCUT2D eigenvalue weighted by atomic mass is 9.53. The molecule has 5 atom stereocenters. The van der Waals surface area contributed by atoms with Crippen LogP contribution >= 0.6 is 0 Å². The van der Waals surface area contributed by atoms with Gasteiger partial charge in [0.25, 0.3) is 0 Å². The van der Waals surface area contributed by atoms with E-state index in [-0.39, 0.29) is 0 Å². The maximum Gasteiger partial charge on any atom is 0.0129 e. The fourth-order valence-corrected chi connectivity index (χ4v) is 5.64. The number of piperidine rings is 1. The quantitative estimate of drug-likeness (QED) is 0.618. The van der Waals surface area contributed by atoms with Crippen molar-refractivity contribution in [3.63, 3.8) is 0 Å². The number of fused-ring (bicyclic) bond motifs is 2. The van der Waals surface area contributed by atoms with E-state index in [1.807, 2.05) is 0 Å². The Morgan fingerprint density at radius 3 is 2.33 bits per heavy atom. The molecule has 1 heteroatoms. The summed E-state index contributed by atoms with van der Waals surface area (Å²) >= 11 is 0. The van der Waals surface area contributed by atoms with E-state index >= 15 is 0 Å². The van der Waals surface area contributed by atoms with E-state index in [9.17, 15) is 0 Å². The summed E-state index contributed by atoms with van der Waals surface area (Å²) in [5.41, 5.74) is 0.580. The molecular formula is C17H31N. The fraction of sp³-hybridized carbons (Fsp3) is 1.00. The third-order valence-electron chi connectivity index (χ3n) is 6.76. The maximum absolute atomic E-state index is 2.81. The molecule has 0 aromatic rings. The summed E-state index contributed by atoms with van der Waals surface area (Å²) in [5, 5.41) is 0. The van der Waals surface area contributed by atoms with Gasteiger partial charge in [0.05, 0.1) is 0 Å². The van der Waals surface area contributed by atoms with E-state index in [1.165, 1.54) is 44.9 Å². The summed E-state index contributed by atoms with van der Waals surface area (Å²) < 4.78 is 0. The van der Waals surface area contributed by atoms with Crippen molar-refractivity contribution in [1.29, 1.82) is 0 Å². The Bertz CT molecular complexity index is 309. The molecular weight excluding hydrogens is 218 g/mol. The molecule has 2 aliphatic carbocycles. The predicted octanol–water partition coefficient (Wildman–Crippen LogP) is 4.32. The van der Waals surface area contributed by atoms with Gasteiger partial charge in [-0.25, -0.2) is 0 Å². The van der Waals surface area contributed by atoms with Crippen molar-refractivity contribution in [2.75, 3.05) is 7.05 Å². The summed E-state index contributed by atoms with van der Waals surface area (Å²) in [4.78, 5) is 2.81. The van der Waals surface area contributed by atoms with E-state index < -0.39 is 0 Å². The second kappa shape index (κ2) is 4.51. The third-order valence-corrected chi connectivity index (χ3v) is 6.76. The van der Waals surface area contributed by atoms with Crippen LogP contribution in [-0.4, -0.2) is 24.0 Å². The summed E-state index contributed by atoms with van der Waals surface area (Å²) in [6.07, 6.45) is 10.3. The monoisotopic (exact) mass is 249 g/mol. The molecule has 3 fully saturated rings. The van der Waals surface area contributed by atoms with Gasteiger partial charge in [0.2, 0.25) is 0 Å². The van der Waals surface area contributed by atoms with Crippen molar-refractivity contribution in [3.05, 3.63) is 0 Å². The van der Waals surface area contributed by atoms with Crippen LogP contribution < -0.4 is 0 Å². The van der Waals surface area contributed by atoms with Gasteiger partial charge in [-0.05, 0) is 62.3 Å². The molecule has 0 N–H and O–H groups in total. The van der Waals surface area contributed by atoms with Crippen LogP contribution in [0.3, 0.4) is 0 Å². The van der Waals surface area contributed by atoms with Gasteiger partial charge in [-0.15, -0.1) is 0 Å². The number of hydrogen-bond donors (Lipinski definition) is 0. The van der Waals surface area contributed by atoms with Crippen LogP contribution in [0.15, 0.2) is 0 Å². The summed E-state index contributed by atoms with van der Waals surface area (Å²) in [5.74, 6) is 2.87. The van der Waals surface area contributed by atoms with E-state index in [2.05, 4.69) is 32.7 Å². The Morgan fingerprint density at radius 1 is 0.889 bits per heavy atom. The maximum atomic E-state index is 2.81. The van der Waals surface area contributed by atoms with Crippen LogP contribution in [0.2, 0.25) is 0 Å². The lowest BCUT2D eigenvalue weighted by Gasteiger charge is -2.61. The van der Waals surface area contributed by atoms with Gasteiger partial charge in [-0.1, -0.05) is 33.6 Å². The molecule has 1 nitrogen and oxygen atoms in total. The molecule has 0 aromatic carbocycles. The van der Waals surface area contributed by atoms with Gasteiger partial charge in [-0.2, -0.15) is 0 Å². The average Bonchev–Trinajstić information content (AvgIpc) is 2.36. The molecule has 1 heterocycles. The van der Waals surface area contributed by atoms with Crippen molar-refractivity contribution in [3.8, 4) is 0 Å². The van der Waals surface area contributed by atoms with Gasteiger partial charge in [-0.3, -0.25) is 4.90 Å². The topological polar surface area (TPSA) is 3.24 Å². The Kier molecular flexibility index (Phi) is 3.25. The van der Waals surface area contributed by atoms with E-state index in [0.717, 1.165) is 29.8 Å². The average molecular weight is 249 g/mol. The summed E-state index contributed by atoms with van der Waals surface area (Å²) in [6, 6.07) is 1.78. The lowest BCUT2D eigenvalue weighted by molar-refractivity contribution is -0.116. The fourth-order valence-electron chi connectivity index (χ4n) is 5.64. The first-order valence-electron chi connectivity index (χ1n) is 8.23. The van der Waals surface area contributed by atoms with E-state index in [1.54, 1.807) is 0 Å². The van der Waals surface area contributed by atoms with Crippen LogP contribution in [0.4, 0.5) is 0 Å². The smallest absolute Gasteiger partial charge is 0.0129 e. The molecule has 0 bridgehead atoms. The summed E-state index contributed by atoms with van der Waals surface area (Å²) in [7, 11) is 2.44. The number of rotatable bonds is 0. The highest BCUT2D eigenvalue weighted by Crippen LogP contribution is 2.55. The molecule has 3 rings (SSSR count). The van der Waals surface area contributed by atoms with Gasteiger partial charge in [0.15, 0.2) is 0 Å². The minimum atomic E-state index is 0.580. The highest BCUT2D eigenvalue weighted by molar-refractivity contribution is 5.05. The van der Waals surface area contributed by atoms with Gasteiger partial charge in [0.1, 0.15) is 0 Å². The molecule has 0 aromatic heterocycles. The van der Waals surface area contributed by atoms with E-state index in [4.69, 9.17) is 0 Å². The first-order chi connectivity index (χ1) is 8.51. The van der Waals surface area contributed by atoms with Crippen molar-refractivity contribution < 1.29 is 0 Å². The third kappa shape index (κ3) is 1.85. The summed E-state index contributed by atoms with van der Waals surface area (Å²) in [6.45, 7) is 7.66. The molecule has 0 spiro atoms. The van der Waals surface area contributed by atoms with Crippen LogP contribution in [0.1, 0.15) is 65.7 Å². The van der Waals surface area contributed by atoms with Crippen LogP contribution in [0, 0.1) is 23.2 Å². The minimum absolute atomic E-state index is 0.580. The van der Waals surface area contributed by atoms with Crippen LogP contribution in [-0.2, 0) is 0 Å². The van der Waals surface area contributed by atoms with Gasteiger partial charge >= 0.3 is 0 Å². The molecule has 1 aliphatic heterocycles. The van der Waals surface area contributed by atoms with E-state index in [0.29, 0.717) is 5.41 Å². The normalized spacial score (nSPS) is 48.3. The molecule has 18 heavy (non-hydrogen) atoms. The Hall–Kier alpha value is -0.0400. The lowest BCUT2D eigenvalue weighted by Crippen LogP contribution is -2.62. The minimum Gasteiger partial charge on any atom is -0.300 e. The Morgan fingerprint density at radius 2 is 1.56 bits per heavy atom. The number of nitrogens with zero attached hydrogens (tertiary/aromatic N) is 1. The second-order valence-electron chi connectivity index (χ2n) is 8.04. The molecule has 3 aliphatic rings. The van der Waals surface area contributed by atoms with Gasteiger partial charge in [0, 0.05) is 12.1 Å². The van der Waals surface area contributed by atoms with Crippen molar-refractivity contribution >= 4 is 0 Å². The van der Waals surface area contributed by atoms with Crippen molar-refractivity contribution in [2.24, 2.45) is 23.2 Å². The Balaban J connectivity index is 1.90. The Labute approximate surface area is 113 Å². The molecule has 104 valence electrons. The first-order valence-corrected chi connectivity index (χ1v) is 8.23. The first kappa shape index (κ1) is 13.0. The predicted molar refractivity (Wildman–Crippen MR) is 77.6 cm³/mol. The van der Waals surface area contributed by atoms with Gasteiger partial charge < -0.3 is 0 Å². The zero-order chi connectivity index (χ0) is 12.9. The number of hydrogen-bond acceptors (Lipinski definition) is 1. The van der Waals surface area contributed by atoms with Crippen molar-refractivity contribution in [2.45, 2.75) is 77.8 Å². The molecule has 0 amide bonds. The zero-order valence-electron chi connectivity index (χ0n) is 12.8. The zero-order valence-corrected chi connectivity index (χ0v) is 12.8. The molecule has 1 saturated heterocycles. The standard InChI is InChI=1S/C17H31N/c1-12-9-10-16-14(11-12)17(2,3)13-7-5-6-8-15(13)18(16)4/h12-16H,5-11H2,1-4H3.